The van der Waals surface area contributed by atoms with E-state index in [2.05, 4.69) is 10.2 Å². The Kier molecular flexibility index (Phi) is 6.73. The Balaban J connectivity index is 1.60. The molecule has 0 aromatic heterocycles. The topological polar surface area (TPSA) is 32.3 Å². The van der Waals surface area contributed by atoms with E-state index in [1.54, 1.807) is 0 Å². The van der Waals surface area contributed by atoms with Crippen LogP contribution >= 0.6 is 0 Å². The lowest BCUT2D eigenvalue weighted by molar-refractivity contribution is -0.137. The third-order valence-electron chi connectivity index (χ3n) is 5.11. The molecule has 28 heavy (non-hydrogen) atoms. The first-order valence-corrected chi connectivity index (χ1v) is 9.68. The van der Waals surface area contributed by atoms with E-state index in [0.29, 0.717) is 13.0 Å². The second-order valence-corrected chi connectivity index (χ2v) is 7.15. The Morgan fingerprint density at radius 3 is 2.21 bits per heavy atom. The number of carbonyl (C=O) groups excluding carboxylic acids is 1. The van der Waals surface area contributed by atoms with Gasteiger partial charge in [-0.15, -0.1) is 0 Å². The average molecular weight is 390 g/mol. The van der Waals surface area contributed by atoms with Crippen molar-refractivity contribution in [3.63, 3.8) is 0 Å². The van der Waals surface area contributed by atoms with Gasteiger partial charge < -0.3 is 5.32 Å². The van der Waals surface area contributed by atoms with Crippen molar-refractivity contribution in [2.75, 3.05) is 19.6 Å². The van der Waals surface area contributed by atoms with Gasteiger partial charge in [0.05, 0.1) is 5.56 Å². The fourth-order valence-electron chi connectivity index (χ4n) is 3.63. The highest BCUT2D eigenvalue weighted by Crippen LogP contribution is 2.29. The number of likely N-dealkylation sites (tertiary alicyclic amines) is 1. The molecule has 1 amide bonds. The van der Waals surface area contributed by atoms with Crippen molar-refractivity contribution in [1.82, 2.24) is 10.2 Å². The van der Waals surface area contributed by atoms with Gasteiger partial charge in [-0.25, -0.2) is 0 Å². The van der Waals surface area contributed by atoms with Crippen molar-refractivity contribution in [2.24, 2.45) is 0 Å². The van der Waals surface area contributed by atoms with Gasteiger partial charge in [0.1, 0.15) is 6.04 Å². The van der Waals surface area contributed by atoms with E-state index in [0.717, 1.165) is 49.2 Å². The number of piperidine rings is 1. The van der Waals surface area contributed by atoms with E-state index >= 15 is 0 Å². The molecule has 6 heteroatoms. The molecule has 0 aliphatic carbocycles. The zero-order valence-corrected chi connectivity index (χ0v) is 15.7. The van der Waals surface area contributed by atoms with Crippen LogP contribution in [0.5, 0.6) is 0 Å². The van der Waals surface area contributed by atoms with Crippen LogP contribution in [0.1, 0.15) is 42.0 Å². The van der Waals surface area contributed by atoms with E-state index in [-0.39, 0.29) is 11.9 Å². The van der Waals surface area contributed by atoms with Gasteiger partial charge in [-0.1, -0.05) is 48.9 Å². The highest BCUT2D eigenvalue weighted by Gasteiger charge is 2.30. The van der Waals surface area contributed by atoms with E-state index in [4.69, 9.17) is 0 Å². The lowest BCUT2D eigenvalue weighted by atomic mass is 10.0. The summed E-state index contributed by atoms with van der Waals surface area (Å²) in [5.74, 6) is -0.0555. The zero-order valence-electron chi connectivity index (χ0n) is 15.7. The van der Waals surface area contributed by atoms with Gasteiger partial charge in [-0.05, 0) is 55.6 Å². The van der Waals surface area contributed by atoms with E-state index in [1.165, 1.54) is 18.6 Å². The highest BCUT2D eigenvalue weighted by molar-refractivity contribution is 5.83. The summed E-state index contributed by atoms with van der Waals surface area (Å²) in [6.45, 7) is 2.18. The number of carbonyl (C=O) groups is 1. The number of hydrogen-bond acceptors (Lipinski definition) is 2. The summed E-state index contributed by atoms with van der Waals surface area (Å²) in [6.07, 6.45) is -0.479. The minimum atomic E-state index is -4.33. The number of amides is 1. The van der Waals surface area contributed by atoms with Crippen molar-refractivity contribution < 1.29 is 18.0 Å². The predicted octanol–water partition coefficient (Wildman–Crippen LogP) is 4.59. The normalized spacial score (nSPS) is 16.5. The van der Waals surface area contributed by atoms with Crippen molar-refractivity contribution >= 4 is 5.91 Å². The fraction of sp³-hybridized carbons (Fsp3) is 0.409. The molecular weight excluding hydrogens is 365 g/mol. The smallest absolute Gasteiger partial charge is 0.354 e. The standard InChI is InChI=1S/C22H25F3N2O/c23-22(24,25)19-11-9-17(10-12-19)13-14-26-21(28)20(18-7-3-1-4-8-18)27-15-5-2-6-16-27/h1,3-4,7-12,20H,2,5-6,13-16H2,(H,26,28)/t20-/m1/s1. The molecule has 150 valence electrons. The van der Waals surface area contributed by atoms with Crippen LogP contribution in [-0.2, 0) is 17.4 Å². The molecule has 0 spiro atoms. The van der Waals surface area contributed by atoms with E-state index < -0.39 is 11.7 Å². The number of hydrogen-bond donors (Lipinski definition) is 1. The molecule has 1 saturated heterocycles. The summed E-state index contributed by atoms with van der Waals surface area (Å²) in [6, 6.07) is 14.5. The molecule has 2 aromatic rings. The number of alkyl halides is 3. The average Bonchev–Trinajstić information content (AvgIpc) is 2.70. The number of nitrogens with one attached hydrogen (secondary N) is 1. The van der Waals surface area contributed by atoms with Crippen LogP contribution in [0, 0.1) is 0 Å². The van der Waals surface area contributed by atoms with Gasteiger partial charge in [0.2, 0.25) is 5.91 Å². The van der Waals surface area contributed by atoms with Gasteiger partial charge in [0.15, 0.2) is 0 Å². The molecule has 1 aliphatic rings. The Hall–Kier alpha value is -2.34. The molecule has 1 fully saturated rings. The quantitative estimate of drug-likeness (QED) is 0.782. The molecule has 0 saturated carbocycles. The third kappa shape index (κ3) is 5.35. The summed E-state index contributed by atoms with van der Waals surface area (Å²) in [5.41, 5.74) is 1.08. The Labute approximate surface area is 163 Å². The third-order valence-corrected chi connectivity index (χ3v) is 5.11. The van der Waals surface area contributed by atoms with Gasteiger partial charge in [0.25, 0.3) is 0 Å². The van der Waals surface area contributed by atoms with Crippen LogP contribution in [-0.4, -0.2) is 30.4 Å². The zero-order chi connectivity index (χ0) is 20.0. The fourth-order valence-corrected chi connectivity index (χ4v) is 3.63. The van der Waals surface area contributed by atoms with Crippen LogP contribution in [0.3, 0.4) is 0 Å². The second kappa shape index (κ2) is 9.24. The molecule has 2 aromatic carbocycles. The number of rotatable bonds is 6. The van der Waals surface area contributed by atoms with E-state index in [1.807, 2.05) is 30.3 Å². The number of benzene rings is 2. The number of halogens is 3. The molecule has 3 nitrogen and oxygen atoms in total. The summed E-state index contributed by atoms with van der Waals surface area (Å²) in [4.78, 5) is 15.1. The van der Waals surface area contributed by atoms with Gasteiger partial charge in [-0.3, -0.25) is 9.69 Å². The van der Waals surface area contributed by atoms with Gasteiger partial charge >= 0.3 is 6.18 Å². The first-order valence-electron chi connectivity index (χ1n) is 9.68. The largest absolute Gasteiger partial charge is 0.416 e. The minimum absolute atomic E-state index is 0.0555. The maximum Gasteiger partial charge on any atom is 0.416 e. The molecule has 0 unspecified atom stereocenters. The molecule has 0 bridgehead atoms. The monoisotopic (exact) mass is 390 g/mol. The molecule has 0 radical (unpaired) electrons. The molecule has 1 atom stereocenters. The maximum atomic E-state index is 12.9. The SMILES string of the molecule is O=C(NCCc1ccc(C(F)(F)F)cc1)[C@@H](c1ccccc1)N1CCCCC1. The Bertz CT molecular complexity index is 754. The summed E-state index contributed by atoms with van der Waals surface area (Å²) in [5, 5.41) is 2.97. The molecular formula is C22H25F3N2O. The lowest BCUT2D eigenvalue weighted by Gasteiger charge is -2.34. The Morgan fingerprint density at radius 2 is 1.61 bits per heavy atom. The van der Waals surface area contributed by atoms with Crippen molar-refractivity contribution in [1.29, 1.82) is 0 Å². The summed E-state index contributed by atoms with van der Waals surface area (Å²) < 4.78 is 37.9. The molecule has 1 aliphatic heterocycles. The number of nitrogens with zero attached hydrogens (tertiary/aromatic N) is 1. The van der Waals surface area contributed by atoms with E-state index in [9.17, 15) is 18.0 Å². The van der Waals surface area contributed by atoms with Crippen LogP contribution in [0.15, 0.2) is 54.6 Å². The van der Waals surface area contributed by atoms with Crippen molar-refractivity contribution in [3.8, 4) is 0 Å². The molecule has 1 heterocycles. The van der Waals surface area contributed by atoms with Crippen LogP contribution in [0.2, 0.25) is 0 Å². The Morgan fingerprint density at radius 1 is 0.964 bits per heavy atom. The maximum absolute atomic E-state index is 12.9. The summed E-state index contributed by atoms with van der Waals surface area (Å²) in [7, 11) is 0. The lowest BCUT2D eigenvalue weighted by Crippen LogP contribution is -2.43. The first kappa shape index (κ1) is 20.4. The molecule has 3 rings (SSSR count). The second-order valence-electron chi connectivity index (χ2n) is 7.15. The van der Waals surface area contributed by atoms with Gasteiger partial charge in [-0.2, -0.15) is 13.2 Å². The van der Waals surface area contributed by atoms with Crippen LogP contribution < -0.4 is 5.32 Å². The first-order chi connectivity index (χ1) is 13.4. The van der Waals surface area contributed by atoms with Crippen molar-refractivity contribution in [3.05, 3.63) is 71.3 Å². The predicted molar refractivity (Wildman–Crippen MR) is 103 cm³/mol. The van der Waals surface area contributed by atoms with Gasteiger partial charge in [0, 0.05) is 6.54 Å². The highest BCUT2D eigenvalue weighted by atomic mass is 19.4. The summed E-state index contributed by atoms with van der Waals surface area (Å²) >= 11 is 0. The minimum Gasteiger partial charge on any atom is -0.354 e. The van der Waals surface area contributed by atoms with Crippen LogP contribution in [0.25, 0.3) is 0 Å². The van der Waals surface area contributed by atoms with Crippen molar-refractivity contribution in [2.45, 2.75) is 37.9 Å². The van der Waals surface area contributed by atoms with Crippen LogP contribution in [0.4, 0.5) is 13.2 Å². The molecule has 1 N–H and O–H groups in total.